The molecule has 0 saturated carbocycles. The number of aromatic carboxylic acids is 1. The number of hydrogen-bond donors (Lipinski definition) is 4. The number of carbonyl (C=O) groups is 1. The molecular formula is C11H11F3N2O2S2. The highest BCUT2D eigenvalue weighted by Crippen LogP contribution is 2.27. The molecule has 0 unspecified atom stereocenters. The SMILES string of the molecule is CCNC(=S)NCc1c(F)c(F)c(S)c(F)c1C(=O)O. The number of nitrogens with one attached hydrogen (secondary N) is 2. The molecule has 1 aromatic carbocycles. The molecule has 0 aliphatic heterocycles. The summed E-state index contributed by atoms with van der Waals surface area (Å²) >= 11 is 8.22. The first-order chi connectivity index (χ1) is 9.31. The topological polar surface area (TPSA) is 61.4 Å². The van der Waals surface area contributed by atoms with Gasteiger partial charge in [-0.2, -0.15) is 0 Å². The fourth-order valence-electron chi connectivity index (χ4n) is 1.47. The van der Waals surface area contributed by atoms with Crippen molar-refractivity contribution in [1.82, 2.24) is 10.6 Å². The van der Waals surface area contributed by atoms with Crippen molar-refractivity contribution < 1.29 is 23.1 Å². The number of thiocarbonyl (C=S) groups is 1. The zero-order valence-corrected chi connectivity index (χ0v) is 12.0. The van der Waals surface area contributed by atoms with Gasteiger partial charge in [-0.3, -0.25) is 0 Å². The standard InChI is InChI=1S/C11H11F3N2O2S2/c1-2-15-11(20)16-3-4-5(10(17)18)7(13)9(19)8(14)6(4)12/h19H,2-3H2,1H3,(H,17,18)(H2,15,16,20). The minimum absolute atomic E-state index is 0.110. The quantitative estimate of drug-likeness (QED) is 0.388. The predicted octanol–water partition coefficient (Wildman–Crippen LogP) is 2.07. The van der Waals surface area contributed by atoms with E-state index in [2.05, 4.69) is 23.3 Å². The van der Waals surface area contributed by atoms with Crippen LogP contribution in [0.15, 0.2) is 4.90 Å². The van der Waals surface area contributed by atoms with E-state index in [4.69, 9.17) is 17.3 Å². The second-order valence-corrected chi connectivity index (χ2v) is 4.52. The van der Waals surface area contributed by atoms with Crippen molar-refractivity contribution >= 4 is 35.9 Å². The van der Waals surface area contributed by atoms with Crippen molar-refractivity contribution in [2.24, 2.45) is 0 Å². The summed E-state index contributed by atoms with van der Waals surface area (Å²) in [6, 6.07) is 0. The highest BCUT2D eigenvalue weighted by molar-refractivity contribution is 7.80. The molecule has 0 saturated heterocycles. The zero-order chi connectivity index (χ0) is 15.4. The minimum Gasteiger partial charge on any atom is -0.478 e. The van der Waals surface area contributed by atoms with Crippen LogP contribution in [0.4, 0.5) is 13.2 Å². The van der Waals surface area contributed by atoms with Crippen LogP contribution in [0.5, 0.6) is 0 Å². The third-order valence-electron chi connectivity index (χ3n) is 2.37. The van der Waals surface area contributed by atoms with Crippen LogP contribution in [0.1, 0.15) is 22.8 Å². The Morgan fingerprint density at radius 1 is 1.25 bits per heavy atom. The second-order valence-electron chi connectivity index (χ2n) is 3.66. The van der Waals surface area contributed by atoms with Crippen molar-refractivity contribution in [1.29, 1.82) is 0 Å². The van der Waals surface area contributed by atoms with Crippen LogP contribution >= 0.6 is 24.8 Å². The van der Waals surface area contributed by atoms with E-state index in [1.54, 1.807) is 6.92 Å². The van der Waals surface area contributed by atoms with Gasteiger partial charge in [-0.25, -0.2) is 18.0 Å². The molecule has 0 bridgehead atoms. The molecular weight excluding hydrogens is 313 g/mol. The Morgan fingerprint density at radius 3 is 2.35 bits per heavy atom. The molecule has 1 aromatic rings. The van der Waals surface area contributed by atoms with E-state index in [-0.39, 0.29) is 5.11 Å². The minimum atomic E-state index is -1.72. The Morgan fingerprint density at radius 2 is 1.85 bits per heavy atom. The van der Waals surface area contributed by atoms with E-state index in [0.717, 1.165) is 0 Å². The fourth-order valence-corrected chi connectivity index (χ4v) is 1.90. The van der Waals surface area contributed by atoms with E-state index in [1.807, 2.05) is 0 Å². The molecule has 20 heavy (non-hydrogen) atoms. The summed E-state index contributed by atoms with van der Waals surface area (Å²) in [6.45, 7) is 1.77. The van der Waals surface area contributed by atoms with Gasteiger partial charge in [0.2, 0.25) is 0 Å². The maximum atomic E-state index is 13.7. The Hall–Kier alpha value is -1.48. The first-order valence-electron chi connectivity index (χ1n) is 5.44. The monoisotopic (exact) mass is 324 g/mol. The number of carboxylic acids is 1. The maximum Gasteiger partial charge on any atom is 0.339 e. The molecule has 0 amide bonds. The average Bonchev–Trinajstić information content (AvgIpc) is 2.38. The van der Waals surface area contributed by atoms with Crippen molar-refractivity contribution in [3.8, 4) is 0 Å². The summed E-state index contributed by atoms with van der Waals surface area (Å²) in [4.78, 5) is 10.0. The zero-order valence-electron chi connectivity index (χ0n) is 10.3. The van der Waals surface area contributed by atoms with Gasteiger partial charge in [0, 0.05) is 18.7 Å². The van der Waals surface area contributed by atoms with Gasteiger partial charge in [0.05, 0.1) is 4.90 Å². The Balaban J connectivity index is 3.23. The van der Waals surface area contributed by atoms with Crippen molar-refractivity contribution in [3.05, 3.63) is 28.6 Å². The highest BCUT2D eigenvalue weighted by Gasteiger charge is 2.27. The van der Waals surface area contributed by atoms with Crippen LogP contribution < -0.4 is 10.6 Å². The second kappa shape index (κ2) is 6.80. The van der Waals surface area contributed by atoms with Gasteiger partial charge in [0.25, 0.3) is 0 Å². The van der Waals surface area contributed by atoms with E-state index < -0.39 is 46.0 Å². The van der Waals surface area contributed by atoms with Gasteiger partial charge in [-0.15, -0.1) is 12.6 Å². The number of halogens is 3. The largest absolute Gasteiger partial charge is 0.478 e. The first-order valence-corrected chi connectivity index (χ1v) is 6.30. The number of thiol groups is 1. The van der Waals surface area contributed by atoms with Crippen LogP contribution in [0.3, 0.4) is 0 Å². The molecule has 0 atom stereocenters. The van der Waals surface area contributed by atoms with Gasteiger partial charge in [-0.1, -0.05) is 0 Å². The molecule has 0 heterocycles. The van der Waals surface area contributed by atoms with Crippen molar-refractivity contribution in [2.75, 3.05) is 6.54 Å². The lowest BCUT2D eigenvalue weighted by Gasteiger charge is -2.14. The van der Waals surface area contributed by atoms with Gasteiger partial charge in [0.1, 0.15) is 5.56 Å². The normalized spacial score (nSPS) is 10.2. The third-order valence-corrected chi connectivity index (χ3v) is 3.05. The van der Waals surface area contributed by atoms with Crippen molar-refractivity contribution in [2.45, 2.75) is 18.4 Å². The average molecular weight is 324 g/mol. The molecule has 3 N–H and O–H groups in total. The van der Waals surface area contributed by atoms with Crippen LogP contribution in [0.25, 0.3) is 0 Å². The Labute approximate surface area is 123 Å². The van der Waals surface area contributed by atoms with Gasteiger partial charge in [-0.05, 0) is 19.1 Å². The summed E-state index contributed by atoms with van der Waals surface area (Å²) in [5.41, 5.74) is -1.63. The Kier molecular flexibility index (Phi) is 5.63. The van der Waals surface area contributed by atoms with E-state index >= 15 is 0 Å². The van der Waals surface area contributed by atoms with E-state index in [1.165, 1.54) is 0 Å². The summed E-state index contributed by atoms with van der Waals surface area (Å²) in [5.74, 6) is -6.16. The van der Waals surface area contributed by atoms with Gasteiger partial charge in [0.15, 0.2) is 22.6 Å². The molecule has 4 nitrogen and oxygen atoms in total. The number of hydrogen-bond acceptors (Lipinski definition) is 3. The van der Waals surface area contributed by atoms with Crippen LogP contribution in [-0.2, 0) is 6.54 Å². The predicted molar refractivity (Wildman–Crippen MR) is 73.6 cm³/mol. The van der Waals surface area contributed by atoms with E-state index in [9.17, 15) is 18.0 Å². The molecule has 1 rings (SSSR count). The molecule has 0 aliphatic rings. The molecule has 0 aromatic heterocycles. The summed E-state index contributed by atoms with van der Waals surface area (Å²) < 4.78 is 40.8. The summed E-state index contributed by atoms with van der Waals surface area (Å²) in [7, 11) is 0. The van der Waals surface area contributed by atoms with Gasteiger partial charge < -0.3 is 15.7 Å². The lowest BCUT2D eigenvalue weighted by Crippen LogP contribution is -2.35. The first kappa shape index (κ1) is 16.6. The van der Waals surface area contributed by atoms with Gasteiger partial charge >= 0.3 is 5.97 Å². The maximum absolute atomic E-state index is 13.7. The number of carboxylic acid groups (broad SMARTS) is 1. The lowest BCUT2D eigenvalue weighted by atomic mass is 10.1. The van der Waals surface area contributed by atoms with E-state index in [0.29, 0.717) is 6.54 Å². The molecule has 110 valence electrons. The highest BCUT2D eigenvalue weighted by atomic mass is 32.1. The summed E-state index contributed by atoms with van der Waals surface area (Å²) in [5, 5.41) is 14.2. The van der Waals surface area contributed by atoms with Crippen LogP contribution in [0, 0.1) is 17.5 Å². The Bertz CT molecular complexity index is 567. The van der Waals surface area contributed by atoms with Crippen LogP contribution in [-0.4, -0.2) is 22.7 Å². The molecule has 0 spiro atoms. The molecule has 0 aliphatic carbocycles. The number of rotatable bonds is 4. The third kappa shape index (κ3) is 3.34. The molecule has 0 fully saturated rings. The van der Waals surface area contributed by atoms with Crippen molar-refractivity contribution in [3.63, 3.8) is 0 Å². The molecule has 0 radical (unpaired) electrons. The summed E-state index contributed by atoms with van der Waals surface area (Å²) in [6.07, 6.45) is 0. The molecule has 9 heteroatoms. The van der Waals surface area contributed by atoms with Crippen LogP contribution in [0.2, 0.25) is 0 Å². The smallest absolute Gasteiger partial charge is 0.339 e. The lowest BCUT2D eigenvalue weighted by molar-refractivity contribution is 0.0688. The number of benzene rings is 1. The fraction of sp³-hybridized carbons (Fsp3) is 0.273.